The molecule has 1 rings (SSSR count). The summed E-state index contributed by atoms with van der Waals surface area (Å²) >= 11 is 3.37. The number of rotatable bonds is 5. The molecule has 0 radical (unpaired) electrons. The maximum atomic E-state index is 11.9. The van der Waals surface area contributed by atoms with Gasteiger partial charge in [0.05, 0.1) is 12.1 Å². The van der Waals surface area contributed by atoms with Crippen molar-refractivity contribution in [2.24, 2.45) is 0 Å². The average molecular weight is 313 g/mol. The van der Waals surface area contributed by atoms with Crippen molar-refractivity contribution in [1.82, 2.24) is 10.6 Å². The fourth-order valence-corrected chi connectivity index (χ4v) is 1.85. The number of amides is 2. The first-order valence-electron chi connectivity index (χ1n) is 5.86. The van der Waals surface area contributed by atoms with Gasteiger partial charge < -0.3 is 10.6 Å². The molecule has 0 aliphatic rings. The highest BCUT2D eigenvalue weighted by molar-refractivity contribution is 9.10. The van der Waals surface area contributed by atoms with Crippen LogP contribution in [0.5, 0.6) is 0 Å². The number of nitrogens with one attached hydrogen (secondary N) is 2. The van der Waals surface area contributed by atoms with Gasteiger partial charge in [-0.1, -0.05) is 19.1 Å². The van der Waals surface area contributed by atoms with E-state index in [-0.39, 0.29) is 18.4 Å². The molecule has 2 N–H and O–H groups in total. The molecule has 0 fully saturated rings. The molecule has 0 unspecified atom stereocenters. The fraction of sp³-hybridized carbons (Fsp3) is 0.385. The van der Waals surface area contributed by atoms with Crippen molar-refractivity contribution in [1.29, 1.82) is 0 Å². The summed E-state index contributed by atoms with van der Waals surface area (Å²) in [5, 5.41) is 5.29. The van der Waals surface area contributed by atoms with Crippen LogP contribution in [0.2, 0.25) is 0 Å². The van der Waals surface area contributed by atoms with Crippen LogP contribution < -0.4 is 10.6 Å². The van der Waals surface area contributed by atoms with Gasteiger partial charge in [0.15, 0.2) is 0 Å². The molecular weight excluding hydrogens is 296 g/mol. The third kappa shape index (κ3) is 4.14. The molecule has 18 heavy (non-hydrogen) atoms. The Kier molecular flexibility index (Phi) is 5.85. The second-order valence-electron chi connectivity index (χ2n) is 3.97. The summed E-state index contributed by atoms with van der Waals surface area (Å²) in [5.74, 6) is -0.425. The van der Waals surface area contributed by atoms with Gasteiger partial charge in [0.1, 0.15) is 0 Å². The number of halogens is 1. The number of carbonyl (C=O) groups excluding carboxylic acids is 2. The summed E-state index contributed by atoms with van der Waals surface area (Å²) < 4.78 is 0.761. The third-order valence-electron chi connectivity index (χ3n) is 2.42. The van der Waals surface area contributed by atoms with Crippen LogP contribution in [0.1, 0.15) is 29.3 Å². The van der Waals surface area contributed by atoms with Crippen molar-refractivity contribution < 1.29 is 9.59 Å². The van der Waals surface area contributed by atoms with Crippen LogP contribution in [0.3, 0.4) is 0 Å². The molecule has 1 aromatic rings. The summed E-state index contributed by atoms with van der Waals surface area (Å²) in [7, 11) is 0. The van der Waals surface area contributed by atoms with Gasteiger partial charge in [0.25, 0.3) is 5.91 Å². The highest BCUT2D eigenvalue weighted by Crippen LogP contribution is 2.20. The SMILES string of the molecule is CCCNC(=O)CNC(=O)c1cccc(C)c1Br. The number of benzene rings is 1. The van der Waals surface area contributed by atoms with E-state index in [1.54, 1.807) is 6.07 Å². The summed E-state index contributed by atoms with van der Waals surface area (Å²) in [6, 6.07) is 5.44. The Balaban J connectivity index is 2.55. The monoisotopic (exact) mass is 312 g/mol. The van der Waals surface area contributed by atoms with Crippen LogP contribution in [0, 0.1) is 6.92 Å². The number of hydrogen-bond acceptors (Lipinski definition) is 2. The van der Waals surface area contributed by atoms with Gasteiger partial charge in [-0.3, -0.25) is 9.59 Å². The van der Waals surface area contributed by atoms with Crippen LogP contribution in [-0.2, 0) is 4.79 Å². The molecule has 0 saturated carbocycles. The van der Waals surface area contributed by atoms with Crippen molar-refractivity contribution in [2.75, 3.05) is 13.1 Å². The Morgan fingerprint density at radius 2 is 2.00 bits per heavy atom. The number of hydrogen-bond donors (Lipinski definition) is 2. The predicted octanol–water partition coefficient (Wildman–Crippen LogP) is 2.01. The maximum Gasteiger partial charge on any atom is 0.252 e. The van der Waals surface area contributed by atoms with Crippen LogP contribution in [0.25, 0.3) is 0 Å². The molecule has 0 bridgehead atoms. The second-order valence-corrected chi connectivity index (χ2v) is 4.76. The van der Waals surface area contributed by atoms with Crippen LogP contribution in [-0.4, -0.2) is 24.9 Å². The number of aryl methyl sites for hydroxylation is 1. The molecule has 0 atom stereocenters. The zero-order valence-corrected chi connectivity index (χ0v) is 12.1. The fourth-order valence-electron chi connectivity index (χ4n) is 1.41. The molecule has 0 spiro atoms. The molecule has 0 aromatic heterocycles. The van der Waals surface area contributed by atoms with Gasteiger partial charge in [-0.2, -0.15) is 0 Å². The lowest BCUT2D eigenvalue weighted by atomic mass is 10.1. The van der Waals surface area contributed by atoms with Gasteiger partial charge in [-0.05, 0) is 40.9 Å². The molecule has 0 aliphatic heterocycles. The number of carbonyl (C=O) groups is 2. The van der Waals surface area contributed by atoms with E-state index >= 15 is 0 Å². The largest absolute Gasteiger partial charge is 0.355 e. The van der Waals surface area contributed by atoms with Gasteiger partial charge in [-0.15, -0.1) is 0 Å². The molecule has 0 heterocycles. The zero-order chi connectivity index (χ0) is 13.5. The van der Waals surface area contributed by atoms with Crippen molar-refractivity contribution >= 4 is 27.7 Å². The molecule has 0 aliphatic carbocycles. The van der Waals surface area contributed by atoms with E-state index in [4.69, 9.17) is 0 Å². The van der Waals surface area contributed by atoms with Crippen molar-refractivity contribution in [2.45, 2.75) is 20.3 Å². The maximum absolute atomic E-state index is 11.9. The minimum absolute atomic E-state index is 0.000779. The summed E-state index contributed by atoms with van der Waals surface area (Å²) in [5.41, 5.74) is 1.52. The first-order chi connectivity index (χ1) is 8.56. The lowest BCUT2D eigenvalue weighted by Crippen LogP contribution is -2.37. The highest BCUT2D eigenvalue weighted by Gasteiger charge is 2.11. The van der Waals surface area contributed by atoms with Gasteiger partial charge in [0.2, 0.25) is 5.91 Å². The van der Waals surface area contributed by atoms with Gasteiger partial charge in [-0.25, -0.2) is 0 Å². The molecular formula is C13H17BrN2O2. The van der Waals surface area contributed by atoms with E-state index in [9.17, 15) is 9.59 Å². The van der Waals surface area contributed by atoms with Gasteiger partial charge >= 0.3 is 0 Å². The minimum Gasteiger partial charge on any atom is -0.355 e. The smallest absolute Gasteiger partial charge is 0.252 e. The minimum atomic E-state index is -0.253. The quantitative estimate of drug-likeness (QED) is 0.874. The van der Waals surface area contributed by atoms with E-state index in [0.29, 0.717) is 12.1 Å². The highest BCUT2D eigenvalue weighted by atomic mass is 79.9. The molecule has 0 saturated heterocycles. The van der Waals surface area contributed by atoms with Crippen LogP contribution in [0.15, 0.2) is 22.7 Å². The van der Waals surface area contributed by atoms with E-state index in [0.717, 1.165) is 16.5 Å². The lowest BCUT2D eigenvalue weighted by Gasteiger charge is -2.08. The van der Waals surface area contributed by atoms with E-state index < -0.39 is 0 Å². The van der Waals surface area contributed by atoms with Crippen molar-refractivity contribution in [3.8, 4) is 0 Å². The Bertz CT molecular complexity index is 447. The summed E-state index contributed by atoms with van der Waals surface area (Å²) in [4.78, 5) is 23.2. The predicted molar refractivity (Wildman–Crippen MR) is 74.5 cm³/mol. The third-order valence-corrected chi connectivity index (χ3v) is 3.47. The molecule has 2 amide bonds. The second kappa shape index (κ2) is 7.16. The topological polar surface area (TPSA) is 58.2 Å². The van der Waals surface area contributed by atoms with Crippen molar-refractivity contribution in [3.63, 3.8) is 0 Å². The normalized spacial score (nSPS) is 9.94. The Labute approximate surface area is 115 Å². The Morgan fingerprint density at radius 1 is 1.28 bits per heavy atom. The summed E-state index contributed by atoms with van der Waals surface area (Å²) in [6.45, 7) is 4.51. The molecule has 98 valence electrons. The first-order valence-corrected chi connectivity index (χ1v) is 6.65. The Hall–Kier alpha value is -1.36. The van der Waals surface area contributed by atoms with Crippen LogP contribution >= 0.6 is 15.9 Å². The van der Waals surface area contributed by atoms with E-state index in [1.165, 1.54) is 0 Å². The molecule has 1 aromatic carbocycles. The average Bonchev–Trinajstić information content (AvgIpc) is 2.36. The van der Waals surface area contributed by atoms with Gasteiger partial charge in [0, 0.05) is 11.0 Å². The van der Waals surface area contributed by atoms with Crippen molar-refractivity contribution in [3.05, 3.63) is 33.8 Å². The standard InChI is InChI=1S/C13H17BrN2O2/c1-3-7-15-11(17)8-16-13(18)10-6-4-5-9(2)12(10)14/h4-6H,3,7-8H2,1-2H3,(H,15,17)(H,16,18). The lowest BCUT2D eigenvalue weighted by molar-refractivity contribution is -0.120. The summed E-state index contributed by atoms with van der Waals surface area (Å²) in [6.07, 6.45) is 0.878. The first kappa shape index (κ1) is 14.7. The van der Waals surface area contributed by atoms with E-state index in [2.05, 4.69) is 26.6 Å². The molecule has 4 nitrogen and oxygen atoms in total. The zero-order valence-electron chi connectivity index (χ0n) is 10.5. The molecule has 5 heteroatoms. The van der Waals surface area contributed by atoms with Crippen LogP contribution in [0.4, 0.5) is 0 Å². The van der Waals surface area contributed by atoms with E-state index in [1.807, 2.05) is 26.0 Å². The Morgan fingerprint density at radius 3 is 2.67 bits per heavy atom.